The number of nitrogens with zero attached hydrogens (tertiary/aromatic N) is 2. The van der Waals surface area contributed by atoms with Crippen molar-refractivity contribution < 1.29 is 19.2 Å². The number of ether oxygens (including phenoxy) is 2. The average molecular weight is 392 g/mol. The molecule has 1 N–H and O–H groups in total. The number of hydrogen-bond acceptors (Lipinski definition) is 5. The van der Waals surface area contributed by atoms with Gasteiger partial charge in [0.2, 0.25) is 0 Å². The van der Waals surface area contributed by atoms with Gasteiger partial charge in [0.25, 0.3) is 5.69 Å². The zero-order valence-corrected chi connectivity index (χ0v) is 15.6. The van der Waals surface area contributed by atoms with E-state index < -0.39 is 4.92 Å². The molecule has 0 bridgehead atoms. The Morgan fingerprint density at radius 2 is 2.04 bits per heavy atom. The molecule has 2 amide bonds. The summed E-state index contributed by atoms with van der Waals surface area (Å²) in [7, 11) is 3.16. The Bertz CT molecular complexity index is 886. The van der Waals surface area contributed by atoms with E-state index >= 15 is 0 Å². The van der Waals surface area contributed by atoms with Crippen LogP contribution in [-0.2, 0) is 13.0 Å². The summed E-state index contributed by atoms with van der Waals surface area (Å²) in [6.45, 7) is 0.836. The molecule has 9 heteroatoms. The number of urea groups is 1. The van der Waals surface area contributed by atoms with Gasteiger partial charge < -0.3 is 19.7 Å². The van der Waals surface area contributed by atoms with Crippen LogP contribution in [0.5, 0.6) is 11.5 Å². The highest BCUT2D eigenvalue weighted by molar-refractivity contribution is 6.33. The lowest BCUT2D eigenvalue weighted by Crippen LogP contribution is -2.39. The van der Waals surface area contributed by atoms with Gasteiger partial charge in [0.05, 0.1) is 36.4 Å². The minimum Gasteiger partial charge on any atom is -0.497 e. The van der Waals surface area contributed by atoms with Crippen LogP contribution in [0.1, 0.15) is 11.1 Å². The van der Waals surface area contributed by atoms with E-state index in [9.17, 15) is 14.9 Å². The Morgan fingerprint density at radius 1 is 1.26 bits per heavy atom. The second-order valence-electron chi connectivity index (χ2n) is 5.99. The molecule has 0 aliphatic carbocycles. The number of nitro groups is 1. The summed E-state index contributed by atoms with van der Waals surface area (Å²) in [6.07, 6.45) is 0.638. The summed E-state index contributed by atoms with van der Waals surface area (Å²) in [5.41, 5.74) is 2.02. The number of carbonyl (C=O) groups excluding carboxylic acids is 1. The van der Waals surface area contributed by atoms with Crippen LogP contribution in [-0.4, -0.2) is 36.6 Å². The van der Waals surface area contributed by atoms with E-state index in [4.69, 9.17) is 21.1 Å². The molecule has 8 nitrogen and oxygen atoms in total. The minimum absolute atomic E-state index is 0.146. The van der Waals surface area contributed by atoms with Crippen molar-refractivity contribution in [1.82, 2.24) is 4.90 Å². The van der Waals surface area contributed by atoms with Crippen molar-refractivity contribution in [3.05, 3.63) is 56.6 Å². The fraction of sp³-hybridized carbons (Fsp3) is 0.278. The summed E-state index contributed by atoms with van der Waals surface area (Å²) in [6, 6.07) is 7.23. The van der Waals surface area contributed by atoms with E-state index in [-0.39, 0.29) is 22.4 Å². The predicted octanol–water partition coefficient (Wildman–Crippen LogP) is 3.86. The van der Waals surface area contributed by atoms with Crippen LogP contribution in [0.2, 0.25) is 5.02 Å². The zero-order chi connectivity index (χ0) is 19.6. The molecule has 0 spiro atoms. The number of amides is 2. The summed E-state index contributed by atoms with van der Waals surface area (Å²) < 4.78 is 10.7. The molecule has 2 aromatic rings. The molecular weight excluding hydrogens is 374 g/mol. The molecular formula is C18H18ClN3O5. The number of anilines is 1. The molecule has 0 unspecified atom stereocenters. The lowest BCUT2D eigenvalue weighted by molar-refractivity contribution is -0.384. The van der Waals surface area contributed by atoms with Crippen molar-refractivity contribution >= 4 is 29.0 Å². The van der Waals surface area contributed by atoms with Crippen LogP contribution in [0.3, 0.4) is 0 Å². The van der Waals surface area contributed by atoms with E-state index in [0.717, 1.165) is 11.1 Å². The second kappa shape index (κ2) is 7.71. The normalized spacial score (nSPS) is 12.9. The maximum absolute atomic E-state index is 12.7. The first kappa shape index (κ1) is 18.8. The second-order valence-corrected chi connectivity index (χ2v) is 6.40. The quantitative estimate of drug-likeness (QED) is 0.631. The van der Waals surface area contributed by atoms with Gasteiger partial charge in [0, 0.05) is 30.3 Å². The van der Waals surface area contributed by atoms with Gasteiger partial charge in [-0.05, 0) is 24.1 Å². The van der Waals surface area contributed by atoms with E-state index in [0.29, 0.717) is 31.0 Å². The average Bonchev–Trinajstić information content (AvgIpc) is 2.67. The number of carbonyl (C=O) groups is 1. The van der Waals surface area contributed by atoms with Crippen molar-refractivity contribution in [2.45, 2.75) is 13.0 Å². The highest BCUT2D eigenvalue weighted by Gasteiger charge is 2.25. The lowest BCUT2D eigenvalue weighted by Gasteiger charge is -2.30. The summed E-state index contributed by atoms with van der Waals surface area (Å²) in [4.78, 5) is 24.6. The maximum Gasteiger partial charge on any atom is 0.322 e. The van der Waals surface area contributed by atoms with E-state index in [1.807, 2.05) is 6.07 Å². The van der Waals surface area contributed by atoms with E-state index in [1.165, 1.54) is 18.2 Å². The third kappa shape index (κ3) is 3.90. The van der Waals surface area contributed by atoms with E-state index in [2.05, 4.69) is 5.32 Å². The van der Waals surface area contributed by atoms with Gasteiger partial charge in [0.15, 0.2) is 0 Å². The number of nitrogens with one attached hydrogen (secondary N) is 1. The van der Waals surface area contributed by atoms with Gasteiger partial charge in [-0.1, -0.05) is 11.6 Å². The predicted molar refractivity (Wildman–Crippen MR) is 101 cm³/mol. The maximum atomic E-state index is 12.7. The van der Waals surface area contributed by atoms with Crippen LogP contribution in [0, 0.1) is 10.1 Å². The van der Waals surface area contributed by atoms with Crippen LogP contribution in [0.4, 0.5) is 16.2 Å². The molecule has 27 heavy (non-hydrogen) atoms. The SMILES string of the molecule is COc1cc2c(c(OC)c1)CN(C(=O)Nc1cc([N+](=O)[O-])ccc1Cl)CC2. The van der Waals surface area contributed by atoms with Gasteiger partial charge >= 0.3 is 6.03 Å². The Morgan fingerprint density at radius 3 is 2.70 bits per heavy atom. The third-order valence-corrected chi connectivity index (χ3v) is 4.75. The molecule has 1 aliphatic heterocycles. The molecule has 0 aromatic heterocycles. The molecule has 0 saturated carbocycles. The molecule has 0 radical (unpaired) electrons. The van der Waals surface area contributed by atoms with Crippen molar-refractivity contribution in [2.24, 2.45) is 0 Å². The fourth-order valence-corrected chi connectivity index (χ4v) is 3.16. The molecule has 0 atom stereocenters. The topological polar surface area (TPSA) is 93.9 Å². The first-order valence-corrected chi connectivity index (χ1v) is 8.54. The van der Waals surface area contributed by atoms with Crippen molar-refractivity contribution in [2.75, 3.05) is 26.1 Å². The van der Waals surface area contributed by atoms with Crippen molar-refractivity contribution in [1.29, 1.82) is 0 Å². The Hall–Kier alpha value is -3.00. The van der Waals surface area contributed by atoms with Gasteiger partial charge in [0.1, 0.15) is 11.5 Å². The summed E-state index contributed by atoms with van der Waals surface area (Å²) in [5, 5.41) is 13.8. The number of non-ortho nitro benzene ring substituents is 1. The van der Waals surface area contributed by atoms with Crippen LogP contribution in [0.15, 0.2) is 30.3 Å². The number of nitro benzene ring substituents is 1. The largest absolute Gasteiger partial charge is 0.497 e. The van der Waals surface area contributed by atoms with Crippen molar-refractivity contribution in [3.63, 3.8) is 0 Å². The third-order valence-electron chi connectivity index (χ3n) is 4.42. The van der Waals surface area contributed by atoms with Gasteiger partial charge in [-0.2, -0.15) is 0 Å². The molecule has 0 saturated heterocycles. The molecule has 1 aliphatic rings. The Balaban J connectivity index is 1.80. The van der Waals surface area contributed by atoms with Gasteiger partial charge in [-0.3, -0.25) is 10.1 Å². The summed E-state index contributed by atoms with van der Waals surface area (Å²) in [5.74, 6) is 1.35. The number of rotatable bonds is 4. The highest BCUT2D eigenvalue weighted by atomic mass is 35.5. The highest BCUT2D eigenvalue weighted by Crippen LogP contribution is 2.33. The van der Waals surface area contributed by atoms with Crippen LogP contribution >= 0.6 is 11.6 Å². The minimum atomic E-state index is -0.540. The number of methoxy groups -OCH3 is 2. The molecule has 0 fully saturated rings. The van der Waals surface area contributed by atoms with Crippen molar-refractivity contribution in [3.8, 4) is 11.5 Å². The molecule has 142 valence electrons. The molecule has 1 heterocycles. The number of fused-ring (bicyclic) bond motifs is 1. The smallest absolute Gasteiger partial charge is 0.322 e. The summed E-state index contributed by atoms with van der Waals surface area (Å²) >= 11 is 6.06. The standard InChI is InChI=1S/C18H18ClN3O5/c1-26-13-7-11-5-6-21(10-14(11)17(9-13)27-2)18(23)20-16-8-12(22(24)25)3-4-15(16)19/h3-4,7-9H,5-6,10H2,1-2H3,(H,20,23). The monoisotopic (exact) mass is 391 g/mol. The fourth-order valence-electron chi connectivity index (χ4n) is 2.99. The first-order valence-electron chi connectivity index (χ1n) is 8.16. The van der Waals surface area contributed by atoms with Crippen LogP contribution < -0.4 is 14.8 Å². The molecule has 2 aromatic carbocycles. The Labute approximate surface area is 160 Å². The lowest BCUT2D eigenvalue weighted by atomic mass is 9.98. The van der Waals surface area contributed by atoms with Gasteiger partial charge in [-0.25, -0.2) is 4.79 Å². The van der Waals surface area contributed by atoms with E-state index in [1.54, 1.807) is 25.2 Å². The number of halogens is 1. The molecule has 3 rings (SSSR count). The number of hydrogen-bond donors (Lipinski definition) is 1. The number of benzene rings is 2. The van der Waals surface area contributed by atoms with Gasteiger partial charge in [-0.15, -0.1) is 0 Å². The zero-order valence-electron chi connectivity index (χ0n) is 14.8. The Kier molecular flexibility index (Phi) is 5.36. The van der Waals surface area contributed by atoms with Crippen LogP contribution in [0.25, 0.3) is 0 Å². The first-order chi connectivity index (χ1) is 12.9.